The van der Waals surface area contributed by atoms with Crippen LogP contribution in [0, 0.1) is 11.6 Å². The zero-order valence-corrected chi connectivity index (χ0v) is 12.6. The first kappa shape index (κ1) is 15.2. The smallest absolute Gasteiger partial charge is 0.258 e. The number of anilines is 1. The van der Waals surface area contributed by atoms with Crippen molar-refractivity contribution in [3.8, 4) is 0 Å². The number of aromatic nitrogens is 1. The summed E-state index contributed by atoms with van der Waals surface area (Å²) in [6.07, 6.45) is 3.02. The lowest BCUT2D eigenvalue weighted by molar-refractivity contribution is 0.102. The molecular weight excluding hydrogens is 298 g/mol. The molecule has 0 unspecified atom stereocenters. The van der Waals surface area contributed by atoms with E-state index < -0.39 is 17.5 Å². The second-order valence-corrected chi connectivity index (χ2v) is 5.34. The number of rotatable bonds is 4. The number of nitrogens with zero attached hydrogens (tertiary/aromatic N) is 1. The molecule has 0 saturated carbocycles. The van der Waals surface area contributed by atoms with Crippen LogP contribution >= 0.6 is 0 Å². The third-order valence-electron chi connectivity index (χ3n) is 3.69. The second kappa shape index (κ2) is 6.20. The average molecular weight is 314 g/mol. The van der Waals surface area contributed by atoms with E-state index in [1.807, 2.05) is 24.4 Å². The van der Waals surface area contributed by atoms with Crippen LogP contribution in [-0.4, -0.2) is 10.5 Å². The molecule has 1 amide bonds. The highest BCUT2D eigenvalue weighted by molar-refractivity contribution is 6.05. The molecule has 0 saturated heterocycles. The highest BCUT2D eigenvalue weighted by Crippen LogP contribution is 2.22. The van der Waals surface area contributed by atoms with Gasteiger partial charge in [-0.15, -0.1) is 0 Å². The minimum Gasteiger partial charge on any atom is -0.347 e. The summed E-state index contributed by atoms with van der Waals surface area (Å²) in [4.78, 5) is 12.1. The molecule has 2 aromatic carbocycles. The first-order chi connectivity index (χ1) is 11.1. The monoisotopic (exact) mass is 314 g/mol. The van der Waals surface area contributed by atoms with Crippen molar-refractivity contribution in [2.24, 2.45) is 0 Å². The van der Waals surface area contributed by atoms with Crippen molar-refractivity contribution in [1.82, 2.24) is 4.57 Å². The van der Waals surface area contributed by atoms with Gasteiger partial charge in [-0.1, -0.05) is 13.0 Å². The van der Waals surface area contributed by atoms with Crippen LogP contribution in [0.3, 0.4) is 0 Å². The Morgan fingerprint density at radius 3 is 2.78 bits per heavy atom. The van der Waals surface area contributed by atoms with Crippen LogP contribution in [0.5, 0.6) is 0 Å². The predicted molar refractivity (Wildman–Crippen MR) is 86.5 cm³/mol. The molecule has 0 fully saturated rings. The summed E-state index contributed by atoms with van der Waals surface area (Å²) in [5.74, 6) is -2.85. The van der Waals surface area contributed by atoms with Crippen molar-refractivity contribution in [2.45, 2.75) is 19.9 Å². The normalized spacial score (nSPS) is 10.9. The molecule has 5 heteroatoms. The van der Waals surface area contributed by atoms with Gasteiger partial charge in [0, 0.05) is 29.3 Å². The molecule has 1 aromatic heterocycles. The SMILES string of the molecule is CCCn1ccc2cc(NC(=O)c3cccc(F)c3F)ccc21. The van der Waals surface area contributed by atoms with Crippen molar-refractivity contribution in [3.05, 3.63) is 65.9 Å². The van der Waals surface area contributed by atoms with E-state index in [-0.39, 0.29) is 5.56 Å². The Hall–Kier alpha value is -2.69. The molecule has 23 heavy (non-hydrogen) atoms. The zero-order valence-electron chi connectivity index (χ0n) is 12.6. The van der Waals surface area contributed by atoms with Crippen LogP contribution < -0.4 is 5.32 Å². The number of nitrogens with one attached hydrogen (secondary N) is 1. The Balaban J connectivity index is 1.86. The van der Waals surface area contributed by atoms with Gasteiger partial charge in [0.1, 0.15) is 0 Å². The maximum atomic E-state index is 13.7. The van der Waals surface area contributed by atoms with E-state index in [2.05, 4.69) is 16.8 Å². The lowest BCUT2D eigenvalue weighted by Gasteiger charge is -2.08. The summed E-state index contributed by atoms with van der Waals surface area (Å²) in [7, 11) is 0. The van der Waals surface area contributed by atoms with E-state index in [0.29, 0.717) is 5.69 Å². The zero-order chi connectivity index (χ0) is 16.4. The number of carbonyl (C=O) groups is 1. The molecular formula is C18H16F2N2O. The van der Waals surface area contributed by atoms with Gasteiger partial charge in [-0.2, -0.15) is 0 Å². The fourth-order valence-electron chi connectivity index (χ4n) is 2.59. The molecule has 0 aliphatic heterocycles. The number of aryl methyl sites for hydroxylation is 1. The number of halogens is 2. The second-order valence-electron chi connectivity index (χ2n) is 5.34. The number of hydrogen-bond donors (Lipinski definition) is 1. The summed E-state index contributed by atoms with van der Waals surface area (Å²) in [5.41, 5.74) is 1.30. The van der Waals surface area contributed by atoms with Crippen molar-refractivity contribution in [2.75, 3.05) is 5.32 Å². The largest absolute Gasteiger partial charge is 0.347 e. The molecule has 1 heterocycles. The Morgan fingerprint density at radius 2 is 2.00 bits per heavy atom. The van der Waals surface area contributed by atoms with Gasteiger partial charge < -0.3 is 9.88 Å². The fourth-order valence-corrected chi connectivity index (χ4v) is 2.59. The number of carbonyl (C=O) groups excluding carboxylic acids is 1. The molecule has 3 aromatic rings. The number of amides is 1. The Bertz CT molecular complexity index is 871. The van der Waals surface area contributed by atoms with Crippen LogP contribution in [0.4, 0.5) is 14.5 Å². The van der Waals surface area contributed by atoms with Gasteiger partial charge in [0.15, 0.2) is 11.6 Å². The standard InChI is InChI=1S/C18H16F2N2O/c1-2-9-22-10-8-12-11-13(6-7-16(12)22)21-18(23)14-4-3-5-15(19)17(14)20/h3-8,10-11H,2,9H2,1H3,(H,21,23). The predicted octanol–water partition coefficient (Wildman–Crippen LogP) is 4.58. The molecule has 0 aliphatic carbocycles. The van der Waals surface area contributed by atoms with Crippen LogP contribution in [0.25, 0.3) is 10.9 Å². The summed E-state index contributed by atoms with van der Waals surface area (Å²) in [6, 6.07) is 11.0. The first-order valence-electron chi connectivity index (χ1n) is 7.44. The highest BCUT2D eigenvalue weighted by Gasteiger charge is 2.15. The summed E-state index contributed by atoms with van der Waals surface area (Å²) in [6.45, 7) is 3.03. The van der Waals surface area contributed by atoms with E-state index in [1.165, 1.54) is 12.1 Å². The number of benzene rings is 2. The van der Waals surface area contributed by atoms with Gasteiger partial charge in [-0.25, -0.2) is 8.78 Å². The molecule has 0 atom stereocenters. The molecule has 0 radical (unpaired) electrons. The third kappa shape index (κ3) is 2.95. The molecule has 3 rings (SSSR count). The molecule has 1 N–H and O–H groups in total. The minimum absolute atomic E-state index is 0.311. The summed E-state index contributed by atoms with van der Waals surface area (Å²) in [5, 5.41) is 3.59. The molecule has 118 valence electrons. The van der Waals surface area contributed by atoms with Crippen LogP contribution in [0.1, 0.15) is 23.7 Å². The van der Waals surface area contributed by atoms with E-state index in [9.17, 15) is 13.6 Å². The number of hydrogen-bond acceptors (Lipinski definition) is 1. The lowest BCUT2D eigenvalue weighted by Crippen LogP contribution is -2.14. The van der Waals surface area contributed by atoms with Crippen molar-refractivity contribution in [3.63, 3.8) is 0 Å². The van der Waals surface area contributed by atoms with E-state index in [4.69, 9.17) is 0 Å². The van der Waals surface area contributed by atoms with E-state index in [0.717, 1.165) is 29.9 Å². The van der Waals surface area contributed by atoms with Gasteiger partial charge in [0.2, 0.25) is 0 Å². The van der Waals surface area contributed by atoms with Crippen molar-refractivity contribution in [1.29, 1.82) is 0 Å². The Kier molecular flexibility index (Phi) is 4.10. The van der Waals surface area contributed by atoms with E-state index in [1.54, 1.807) is 6.07 Å². The summed E-state index contributed by atoms with van der Waals surface area (Å²) >= 11 is 0. The van der Waals surface area contributed by atoms with Crippen LogP contribution in [-0.2, 0) is 6.54 Å². The maximum Gasteiger partial charge on any atom is 0.258 e. The Labute approximate surface area is 132 Å². The Morgan fingerprint density at radius 1 is 1.17 bits per heavy atom. The molecule has 3 nitrogen and oxygen atoms in total. The molecule has 0 bridgehead atoms. The third-order valence-corrected chi connectivity index (χ3v) is 3.69. The van der Waals surface area contributed by atoms with E-state index >= 15 is 0 Å². The van der Waals surface area contributed by atoms with Crippen LogP contribution in [0.2, 0.25) is 0 Å². The van der Waals surface area contributed by atoms with Gasteiger partial charge in [-0.05, 0) is 42.8 Å². The molecule has 0 aliphatic rings. The van der Waals surface area contributed by atoms with Crippen molar-refractivity contribution < 1.29 is 13.6 Å². The van der Waals surface area contributed by atoms with Gasteiger partial charge in [-0.3, -0.25) is 4.79 Å². The van der Waals surface area contributed by atoms with Crippen molar-refractivity contribution >= 4 is 22.5 Å². The highest BCUT2D eigenvalue weighted by atomic mass is 19.2. The quantitative estimate of drug-likeness (QED) is 0.751. The molecule has 0 spiro atoms. The van der Waals surface area contributed by atoms with Gasteiger partial charge in [0.05, 0.1) is 5.56 Å². The summed E-state index contributed by atoms with van der Waals surface area (Å²) < 4.78 is 29.0. The first-order valence-corrected chi connectivity index (χ1v) is 7.44. The average Bonchev–Trinajstić information content (AvgIpc) is 2.93. The topological polar surface area (TPSA) is 34.0 Å². The minimum atomic E-state index is -1.14. The van der Waals surface area contributed by atoms with Crippen LogP contribution in [0.15, 0.2) is 48.7 Å². The van der Waals surface area contributed by atoms with Gasteiger partial charge in [0.25, 0.3) is 5.91 Å². The lowest BCUT2D eigenvalue weighted by atomic mass is 10.1. The van der Waals surface area contributed by atoms with Gasteiger partial charge >= 0.3 is 0 Å². The maximum absolute atomic E-state index is 13.7. The number of fused-ring (bicyclic) bond motifs is 1. The fraction of sp³-hybridized carbons (Fsp3) is 0.167.